The van der Waals surface area contributed by atoms with Crippen molar-refractivity contribution in [3.8, 4) is 0 Å². The minimum absolute atomic E-state index is 0.0570. The molecule has 0 aliphatic carbocycles. The Hall–Kier alpha value is -0.993. The standard InChI is InChI=1S/C14H25ClO6Si/c1-12(2)16-9-19-22(8-7-15,20-10-17-13(3)4)21-11-18-14(5)6/h1,3,5,7-11H2,2,4,6H3. The van der Waals surface area contributed by atoms with Gasteiger partial charge in [-0.15, -0.1) is 11.6 Å². The second-order valence-corrected chi connectivity index (χ2v) is 7.56. The van der Waals surface area contributed by atoms with Gasteiger partial charge in [-0.25, -0.2) is 0 Å². The quantitative estimate of drug-likeness (QED) is 0.205. The lowest BCUT2D eigenvalue weighted by molar-refractivity contribution is -0.0772. The van der Waals surface area contributed by atoms with E-state index in [4.69, 9.17) is 39.1 Å². The third kappa shape index (κ3) is 10.7. The summed E-state index contributed by atoms with van der Waals surface area (Å²) in [6.45, 7) is 15.8. The van der Waals surface area contributed by atoms with Crippen LogP contribution in [0.2, 0.25) is 6.04 Å². The predicted molar refractivity (Wildman–Crippen MR) is 86.8 cm³/mol. The van der Waals surface area contributed by atoms with Gasteiger partial charge < -0.3 is 27.5 Å². The summed E-state index contributed by atoms with van der Waals surface area (Å²) < 4.78 is 32.5. The van der Waals surface area contributed by atoms with E-state index in [1.807, 2.05) is 0 Å². The van der Waals surface area contributed by atoms with E-state index in [-0.39, 0.29) is 20.4 Å². The van der Waals surface area contributed by atoms with Crippen molar-refractivity contribution in [2.45, 2.75) is 26.8 Å². The summed E-state index contributed by atoms with van der Waals surface area (Å²) in [5.41, 5.74) is 0. The molecule has 0 unspecified atom stereocenters. The minimum Gasteiger partial charge on any atom is -0.474 e. The summed E-state index contributed by atoms with van der Waals surface area (Å²) in [4.78, 5) is 0. The van der Waals surface area contributed by atoms with Crippen molar-refractivity contribution in [3.05, 3.63) is 37.0 Å². The average molecular weight is 353 g/mol. The van der Waals surface area contributed by atoms with Crippen LogP contribution >= 0.6 is 11.6 Å². The fourth-order valence-electron chi connectivity index (χ4n) is 1.12. The van der Waals surface area contributed by atoms with Crippen LogP contribution in [-0.4, -0.2) is 35.1 Å². The molecule has 0 amide bonds. The van der Waals surface area contributed by atoms with Gasteiger partial charge in [0, 0.05) is 11.9 Å². The van der Waals surface area contributed by atoms with E-state index in [2.05, 4.69) is 19.7 Å². The predicted octanol–water partition coefficient (Wildman–Crippen LogP) is 3.74. The lowest BCUT2D eigenvalue weighted by atomic mass is 10.7. The molecule has 0 heterocycles. The van der Waals surface area contributed by atoms with Gasteiger partial charge in [-0.05, 0) is 20.8 Å². The maximum atomic E-state index is 5.83. The van der Waals surface area contributed by atoms with Crippen molar-refractivity contribution < 1.29 is 27.5 Å². The fraction of sp³-hybridized carbons (Fsp3) is 0.571. The molecule has 0 spiro atoms. The molecule has 22 heavy (non-hydrogen) atoms. The second kappa shape index (κ2) is 11.6. The Morgan fingerprint density at radius 2 is 1.09 bits per heavy atom. The highest BCUT2D eigenvalue weighted by molar-refractivity contribution is 6.61. The summed E-state index contributed by atoms with van der Waals surface area (Å²) in [6.07, 6.45) is 0. The molecule has 0 aromatic carbocycles. The number of ether oxygens (including phenoxy) is 3. The summed E-state index contributed by atoms with van der Waals surface area (Å²) in [5.74, 6) is 1.85. The first-order chi connectivity index (χ1) is 10.3. The van der Waals surface area contributed by atoms with Gasteiger partial charge in [0.1, 0.15) is 0 Å². The van der Waals surface area contributed by atoms with Crippen LogP contribution in [0.4, 0.5) is 0 Å². The summed E-state index contributed by atoms with van der Waals surface area (Å²) in [5, 5.41) is 0. The lowest BCUT2D eigenvalue weighted by Gasteiger charge is -2.28. The Bertz CT molecular complexity index is 324. The molecule has 8 heteroatoms. The van der Waals surface area contributed by atoms with Gasteiger partial charge >= 0.3 is 8.80 Å². The van der Waals surface area contributed by atoms with Gasteiger partial charge in [-0.3, -0.25) is 0 Å². The van der Waals surface area contributed by atoms with E-state index in [1.54, 1.807) is 20.8 Å². The van der Waals surface area contributed by atoms with Crippen molar-refractivity contribution in [2.24, 2.45) is 0 Å². The van der Waals surface area contributed by atoms with Crippen LogP contribution < -0.4 is 0 Å². The SMILES string of the molecule is C=C(C)OCO[Si](CCCl)(OCOC(=C)C)OCOC(=C)C. The van der Waals surface area contributed by atoms with E-state index in [0.717, 1.165) is 0 Å². The van der Waals surface area contributed by atoms with E-state index in [0.29, 0.717) is 29.2 Å². The number of allylic oxidation sites excluding steroid dienone is 3. The van der Waals surface area contributed by atoms with Crippen LogP contribution in [0.1, 0.15) is 20.8 Å². The Labute approximate surface area is 138 Å². The van der Waals surface area contributed by atoms with E-state index < -0.39 is 8.80 Å². The molecule has 0 saturated heterocycles. The Kier molecular flexibility index (Phi) is 11.0. The second-order valence-electron chi connectivity index (χ2n) is 4.45. The summed E-state index contributed by atoms with van der Waals surface area (Å²) in [6, 6.07) is 0.368. The van der Waals surface area contributed by atoms with Crippen LogP contribution in [0.3, 0.4) is 0 Å². The average Bonchev–Trinajstić information content (AvgIpc) is 2.37. The first-order valence-electron chi connectivity index (χ1n) is 6.64. The molecule has 0 rings (SSSR count). The summed E-state index contributed by atoms with van der Waals surface area (Å²) >= 11 is 5.83. The molecule has 0 radical (unpaired) electrons. The molecule has 128 valence electrons. The van der Waals surface area contributed by atoms with Crippen LogP contribution in [-0.2, 0) is 27.5 Å². The van der Waals surface area contributed by atoms with E-state index in [9.17, 15) is 0 Å². The molecule has 0 saturated carbocycles. The van der Waals surface area contributed by atoms with Gasteiger partial charge in [-0.2, -0.15) is 0 Å². The van der Waals surface area contributed by atoms with E-state index >= 15 is 0 Å². The Balaban J connectivity index is 4.69. The number of hydrogen-bond acceptors (Lipinski definition) is 6. The van der Waals surface area contributed by atoms with Crippen LogP contribution in [0.15, 0.2) is 37.0 Å². The molecule has 0 N–H and O–H groups in total. The Morgan fingerprint density at radius 3 is 1.32 bits per heavy atom. The maximum Gasteiger partial charge on any atom is 0.509 e. The molecule has 0 aromatic heterocycles. The van der Waals surface area contributed by atoms with Gasteiger partial charge in [0.25, 0.3) is 0 Å². The molecule has 0 atom stereocenters. The lowest BCUT2D eigenvalue weighted by Crippen LogP contribution is -2.47. The normalized spacial score (nSPS) is 10.9. The Morgan fingerprint density at radius 1 is 0.773 bits per heavy atom. The molecular formula is C14H25ClO6Si. The zero-order valence-electron chi connectivity index (χ0n) is 13.5. The fourth-order valence-corrected chi connectivity index (χ4v) is 3.44. The number of hydrogen-bond donors (Lipinski definition) is 0. The molecule has 0 bridgehead atoms. The van der Waals surface area contributed by atoms with Crippen LogP contribution in [0, 0.1) is 0 Å². The van der Waals surface area contributed by atoms with Crippen LogP contribution in [0.25, 0.3) is 0 Å². The van der Waals surface area contributed by atoms with Crippen molar-refractivity contribution in [1.29, 1.82) is 0 Å². The summed E-state index contributed by atoms with van der Waals surface area (Å²) in [7, 11) is -3.13. The first-order valence-corrected chi connectivity index (χ1v) is 9.10. The van der Waals surface area contributed by atoms with Crippen LogP contribution in [0.5, 0.6) is 0 Å². The highest BCUT2D eigenvalue weighted by Crippen LogP contribution is 2.18. The number of alkyl halides is 1. The molecule has 0 aliphatic rings. The highest BCUT2D eigenvalue weighted by atomic mass is 35.5. The number of halogens is 1. The monoisotopic (exact) mass is 352 g/mol. The third-order valence-corrected chi connectivity index (χ3v) is 5.19. The largest absolute Gasteiger partial charge is 0.509 e. The van der Waals surface area contributed by atoms with Gasteiger partial charge in [0.2, 0.25) is 0 Å². The zero-order valence-corrected chi connectivity index (χ0v) is 15.2. The van der Waals surface area contributed by atoms with Crippen molar-refractivity contribution >= 4 is 20.4 Å². The molecule has 0 aromatic rings. The smallest absolute Gasteiger partial charge is 0.474 e. The third-order valence-electron chi connectivity index (χ3n) is 2.15. The van der Waals surface area contributed by atoms with E-state index in [1.165, 1.54) is 0 Å². The first kappa shape index (κ1) is 21.0. The number of rotatable bonds is 14. The maximum absolute atomic E-state index is 5.83. The topological polar surface area (TPSA) is 55.4 Å². The highest BCUT2D eigenvalue weighted by Gasteiger charge is 2.42. The van der Waals surface area contributed by atoms with Gasteiger partial charge in [0.05, 0.1) is 17.3 Å². The molecule has 6 nitrogen and oxygen atoms in total. The van der Waals surface area contributed by atoms with Crippen molar-refractivity contribution in [3.63, 3.8) is 0 Å². The minimum atomic E-state index is -3.13. The van der Waals surface area contributed by atoms with Gasteiger partial charge in [0.15, 0.2) is 20.4 Å². The van der Waals surface area contributed by atoms with Crippen molar-refractivity contribution in [1.82, 2.24) is 0 Å². The molecule has 0 fully saturated rings. The van der Waals surface area contributed by atoms with Gasteiger partial charge in [-0.1, -0.05) is 19.7 Å². The molecular weight excluding hydrogens is 328 g/mol. The zero-order chi connectivity index (χ0) is 17.0. The molecule has 0 aliphatic heterocycles. The van der Waals surface area contributed by atoms with Crippen molar-refractivity contribution in [2.75, 3.05) is 26.3 Å².